The molecule has 1 saturated carbocycles. The average molecular weight is 255 g/mol. The van der Waals surface area contributed by atoms with Gasteiger partial charge in [-0.05, 0) is 36.5 Å². The summed E-state index contributed by atoms with van der Waals surface area (Å²) in [6, 6.07) is 6.81. The second-order valence-corrected chi connectivity index (χ2v) is 4.44. The van der Waals surface area contributed by atoms with E-state index in [-0.39, 0.29) is 5.92 Å². The molecule has 0 spiro atoms. The monoisotopic (exact) mass is 254 g/mol. The second kappa shape index (κ2) is 4.88. The highest BCUT2D eigenvalue weighted by atomic mass is 35.5. The normalized spacial score (nSPS) is 16.4. The number of hydrogen-bond acceptors (Lipinski definition) is 2. The van der Waals surface area contributed by atoms with E-state index in [1.54, 1.807) is 24.3 Å². The van der Waals surface area contributed by atoms with E-state index in [9.17, 15) is 9.18 Å². The van der Waals surface area contributed by atoms with Crippen LogP contribution in [0, 0.1) is 5.92 Å². The summed E-state index contributed by atoms with van der Waals surface area (Å²) >= 11 is 5.78. The van der Waals surface area contributed by atoms with Gasteiger partial charge in [0.15, 0.2) is 0 Å². The third-order valence-electron chi connectivity index (χ3n) is 2.74. The minimum Gasteiger partial charge on any atom is -0.464 e. The summed E-state index contributed by atoms with van der Waals surface area (Å²) < 4.78 is 18.3. The lowest BCUT2D eigenvalue weighted by atomic mass is 10.0. The van der Waals surface area contributed by atoms with Gasteiger partial charge in [-0.1, -0.05) is 23.7 Å². The minimum absolute atomic E-state index is 0.121. The molecule has 0 unspecified atom stereocenters. The van der Waals surface area contributed by atoms with Crippen molar-refractivity contribution >= 4 is 23.1 Å². The van der Waals surface area contributed by atoms with Gasteiger partial charge < -0.3 is 4.74 Å². The van der Waals surface area contributed by atoms with Crippen molar-refractivity contribution in [3.63, 3.8) is 0 Å². The Balaban J connectivity index is 2.41. The maximum absolute atomic E-state index is 13.9. The second-order valence-electron chi connectivity index (χ2n) is 4.00. The van der Waals surface area contributed by atoms with Gasteiger partial charge in [0.05, 0.1) is 7.11 Å². The van der Waals surface area contributed by atoms with E-state index < -0.39 is 11.8 Å². The molecule has 2 rings (SSSR count). The summed E-state index contributed by atoms with van der Waals surface area (Å²) in [5, 5.41) is 0.586. The van der Waals surface area contributed by atoms with Crippen molar-refractivity contribution < 1.29 is 13.9 Å². The third-order valence-corrected chi connectivity index (χ3v) is 2.99. The Labute approximate surface area is 104 Å². The summed E-state index contributed by atoms with van der Waals surface area (Å²) in [7, 11) is 1.17. The average Bonchev–Trinajstić information content (AvgIpc) is 3.15. The fourth-order valence-electron chi connectivity index (χ4n) is 1.74. The number of esters is 1. The molecule has 4 heteroatoms. The first-order valence-corrected chi connectivity index (χ1v) is 5.75. The molecule has 90 valence electrons. The smallest absolute Gasteiger partial charge is 0.367 e. The number of rotatable bonds is 3. The zero-order valence-electron chi connectivity index (χ0n) is 9.37. The molecule has 0 radical (unpaired) electrons. The van der Waals surface area contributed by atoms with Crippen LogP contribution in [0.25, 0.3) is 5.57 Å². The predicted molar refractivity (Wildman–Crippen MR) is 64.2 cm³/mol. The van der Waals surface area contributed by atoms with Gasteiger partial charge in [-0.15, -0.1) is 0 Å². The number of methoxy groups -OCH3 is 1. The number of hydrogen-bond donors (Lipinski definition) is 0. The molecule has 1 aliphatic carbocycles. The first-order chi connectivity index (χ1) is 8.13. The summed E-state index contributed by atoms with van der Waals surface area (Å²) in [6.45, 7) is 0. The fourth-order valence-corrected chi connectivity index (χ4v) is 1.87. The first kappa shape index (κ1) is 12.1. The largest absolute Gasteiger partial charge is 0.464 e. The number of ether oxygens (including phenoxy) is 1. The van der Waals surface area contributed by atoms with E-state index in [4.69, 9.17) is 11.6 Å². The Morgan fingerprint density at radius 2 is 1.94 bits per heavy atom. The van der Waals surface area contributed by atoms with Crippen molar-refractivity contribution in [1.29, 1.82) is 0 Å². The molecule has 1 aliphatic rings. The zero-order chi connectivity index (χ0) is 12.4. The highest BCUT2D eigenvalue weighted by Gasteiger charge is 2.32. The molecule has 1 fully saturated rings. The zero-order valence-corrected chi connectivity index (χ0v) is 10.1. The van der Waals surface area contributed by atoms with E-state index in [0.29, 0.717) is 16.2 Å². The molecule has 1 aromatic rings. The lowest BCUT2D eigenvalue weighted by Gasteiger charge is -2.08. The maximum atomic E-state index is 13.9. The highest BCUT2D eigenvalue weighted by molar-refractivity contribution is 6.30. The molecule has 0 heterocycles. The van der Waals surface area contributed by atoms with Crippen LogP contribution in [-0.2, 0) is 9.53 Å². The van der Waals surface area contributed by atoms with Crippen LogP contribution in [0.1, 0.15) is 18.4 Å². The van der Waals surface area contributed by atoms with Crippen LogP contribution in [-0.4, -0.2) is 13.1 Å². The summed E-state index contributed by atoms with van der Waals surface area (Å²) in [6.07, 6.45) is 1.81. The van der Waals surface area contributed by atoms with Gasteiger partial charge in [0.25, 0.3) is 0 Å². The third kappa shape index (κ3) is 2.67. The highest BCUT2D eigenvalue weighted by Crippen LogP contribution is 2.44. The fraction of sp³-hybridized carbons (Fsp3) is 0.308. The SMILES string of the molecule is COC(=O)C(F)=C(c1ccc(Cl)cc1)C1CC1. The molecule has 1 aromatic carbocycles. The lowest BCUT2D eigenvalue weighted by molar-refractivity contribution is -0.137. The Bertz CT molecular complexity index is 461. The standard InChI is InChI=1S/C13H12ClFO2/c1-17-13(16)12(15)11(8-2-3-8)9-4-6-10(14)7-5-9/h4-8H,2-3H2,1H3. The van der Waals surface area contributed by atoms with Gasteiger partial charge in [-0.3, -0.25) is 0 Å². The van der Waals surface area contributed by atoms with E-state index in [0.717, 1.165) is 12.8 Å². The van der Waals surface area contributed by atoms with Crippen LogP contribution in [0.3, 0.4) is 0 Å². The van der Waals surface area contributed by atoms with E-state index in [1.807, 2.05) is 0 Å². The molecular weight excluding hydrogens is 243 g/mol. The van der Waals surface area contributed by atoms with Crippen molar-refractivity contribution in [2.45, 2.75) is 12.8 Å². The number of allylic oxidation sites excluding steroid dienone is 1. The van der Waals surface area contributed by atoms with E-state index in [1.165, 1.54) is 7.11 Å². The topological polar surface area (TPSA) is 26.3 Å². The van der Waals surface area contributed by atoms with E-state index >= 15 is 0 Å². The Kier molecular flexibility index (Phi) is 3.48. The van der Waals surface area contributed by atoms with Crippen molar-refractivity contribution in [3.05, 3.63) is 40.7 Å². The maximum Gasteiger partial charge on any atom is 0.367 e. The molecule has 0 saturated heterocycles. The van der Waals surface area contributed by atoms with Crippen LogP contribution in [0.5, 0.6) is 0 Å². The molecule has 0 atom stereocenters. The molecule has 0 N–H and O–H groups in total. The Hall–Kier alpha value is -1.35. The molecular formula is C13H12ClFO2. The van der Waals surface area contributed by atoms with E-state index in [2.05, 4.69) is 4.74 Å². The van der Waals surface area contributed by atoms with Gasteiger partial charge in [-0.2, -0.15) is 4.39 Å². The van der Waals surface area contributed by atoms with Gasteiger partial charge in [-0.25, -0.2) is 4.79 Å². The van der Waals surface area contributed by atoms with Crippen molar-refractivity contribution in [1.82, 2.24) is 0 Å². The summed E-state index contributed by atoms with van der Waals surface area (Å²) in [5.74, 6) is -1.59. The number of carbonyl (C=O) groups excluding carboxylic acids is 1. The van der Waals surface area contributed by atoms with Crippen LogP contribution < -0.4 is 0 Å². The van der Waals surface area contributed by atoms with Crippen molar-refractivity contribution in [2.24, 2.45) is 5.92 Å². The Morgan fingerprint density at radius 1 is 1.35 bits per heavy atom. The van der Waals surface area contributed by atoms with Crippen molar-refractivity contribution in [3.8, 4) is 0 Å². The number of benzene rings is 1. The van der Waals surface area contributed by atoms with Gasteiger partial charge in [0, 0.05) is 10.6 Å². The number of carbonyl (C=O) groups is 1. The van der Waals surface area contributed by atoms with Crippen molar-refractivity contribution in [2.75, 3.05) is 7.11 Å². The molecule has 0 aromatic heterocycles. The van der Waals surface area contributed by atoms with Crippen LogP contribution in [0.2, 0.25) is 5.02 Å². The summed E-state index contributed by atoms with van der Waals surface area (Å²) in [4.78, 5) is 11.2. The summed E-state index contributed by atoms with van der Waals surface area (Å²) in [5.41, 5.74) is 1.13. The molecule has 17 heavy (non-hydrogen) atoms. The Morgan fingerprint density at radius 3 is 2.41 bits per heavy atom. The quantitative estimate of drug-likeness (QED) is 0.609. The number of halogens is 2. The lowest BCUT2D eigenvalue weighted by Crippen LogP contribution is -2.04. The first-order valence-electron chi connectivity index (χ1n) is 5.37. The van der Waals surface area contributed by atoms with Gasteiger partial charge in [0.1, 0.15) is 0 Å². The van der Waals surface area contributed by atoms with Crippen LogP contribution in [0.4, 0.5) is 4.39 Å². The van der Waals surface area contributed by atoms with Gasteiger partial charge in [0.2, 0.25) is 5.83 Å². The predicted octanol–water partition coefficient (Wildman–Crippen LogP) is 3.60. The molecule has 0 amide bonds. The molecule has 2 nitrogen and oxygen atoms in total. The molecule has 0 bridgehead atoms. The van der Waals surface area contributed by atoms with Crippen LogP contribution in [0.15, 0.2) is 30.1 Å². The van der Waals surface area contributed by atoms with Gasteiger partial charge >= 0.3 is 5.97 Å². The van der Waals surface area contributed by atoms with Crippen LogP contribution >= 0.6 is 11.6 Å². The minimum atomic E-state index is -0.915. The molecule has 0 aliphatic heterocycles.